The third-order valence-electron chi connectivity index (χ3n) is 1.61. The summed E-state index contributed by atoms with van der Waals surface area (Å²) in [6.07, 6.45) is 0.388. The van der Waals surface area contributed by atoms with E-state index < -0.39 is 10.1 Å². The van der Waals surface area contributed by atoms with Crippen molar-refractivity contribution in [3.63, 3.8) is 0 Å². The molecular formula is C8H8ClO3S-. The molecular weight excluding hydrogens is 212 g/mol. The lowest BCUT2D eigenvalue weighted by Gasteiger charge is -2.11. The number of alkyl halides is 1. The predicted molar refractivity (Wildman–Crippen MR) is 48.8 cm³/mol. The molecule has 0 fully saturated rings. The molecule has 0 spiro atoms. The second-order valence-electron chi connectivity index (χ2n) is 2.50. The molecule has 1 aromatic rings. The fraction of sp³-hybridized carbons (Fsp3) is 0.250. The Balaban J connectivity index is 3.20. The molecule has 0 saturated heterocycles. The lowest BCUT2D eigenvalue weighted by molar-refractivity contribution is 0.462. The van der Waals surface area contributed by atoms with Crippen LogP contribution in [0.3, 0.4) is 0 Å². The van der Waals surface area contributed by atoms with Crippen LogP contribution >= 0.6 is 11.6 Å². The minimum atomic E-state index is -4.36. The summed E-state index contributed by atoms with van der Waals surface area (Å²) in [4.78, 5) is -0.171. The molecule has 13 heavy (non-hydrogen) atoms. The molecule has 5 heteroatoms. The average molecular weight is 220 g/mol. The number of aryl methyl sites for hydroxylation is 1. The molecule has 0 aliphatic carbocycles. The normalized spacial score (nSPS) is 11.5. The van der Waals surface area contributed by atoms with E-state index in [0.717, 1.165) is 0 Å². The lowest BCUT2D eigenvalue weighted by atomic mass is 10.2. The van der Waals surface area contributed by atoms with Crippen LogP contribution in [0.5, 0.6) is 0 Å². The molecule has 0 heterocycles. The highest BCUT2D eigenvalue weighted by atomic mass is 35.5. The van der Waals surface area contributed by atoms with Crippen LogP contribution in [-0.2, 0) is 16.5 Å². The Morgan fingerprint density at radius 3 is 2.46 bits per heavy atom. The molecule has 1 aromatic carbocycles. The van der Waals surface area contributed by atoms with Gasteiger partial charge in [0, 0.05) is 5.88 Å². The van der Waals surface area contributed by atoms with Crippen molar-refractivity contribution < 1.29 is 13.0 Å². The Bertz CT molecular complexity index is 386. The van der Waals surface area contributed by atoms with E-state index in [1.54, 1.807) is 12.1 Å². The molecule has 0 aliphatic heterocycles. The maximum Gasteiger partial charge on any atom is 0.124 e. The van der Waals surface area contributed by atoms with Gasteiger partial charge in [-0.1, -0.05) is 18.2 Å². The molecule has 3 nitrogen and oxygen atoms in total. The van der Waals surface area contributed by atoms with Crippen molar-refractivity contribution in [2.45, 2.75) is 11.3 Å². The van der Waals surface area contributed by atoms with Gasteiger partial charge >= 0.3 is 0 Å². The molecule has 0 amide bonds. The molecule has 1 rings (SSSR count). The quantitative estimate of drug-likeness (QED) is 0.570. The highest BCUT2D eigenvalue weighted by Crippen LogP contribution is 2.15. The first-order chi connectivity index (χ1) is 6.05. The van der Waals surface area contributed by atoms with Gasteiger partial charge < -0.3 is 4.55 Å². The van der Waals surface area contributed by atoms with Crippen LogP contribution in [0, 0.1) is 0 Å². The van der Waals surface area contributed by atoms with Crippen LogP contribution < -0.4 is 0 Å². The standard InChI is InChI=1S/C8H9ClO3S/c9-6-5-7-3-1-2-4-8(7)13(10,11)12/h1-4H,5-6H2,(H,10,11,12)/p-1. The van der Waals surface area contributed by atoms with E-state index in [0.29, 0.717) is 17.9 Å². The molecule has 72 valence electrons. The molecule has 0 N–H and O–H groups in total. The van der Waals surface area contributed by atoms with Gasteiger partial charge in [0.25, 0.3) is 0 Å². The minimum absolute atomic E-state index is 0.171. The van der Waals surface area contributed by atoms with Gasteiger partial charge in [0.1, 0.15) is 10.1 Å². The fourth-order valence-corrected chi connectivity index (χ4v) is 2.00. The summed E-state index contributed by atoms with van der Waals surface area (Å²) >= 11 is 5.46. The van der Waals surface area contributed by atoms with Crippen molar-refractivity contribution in [2.24, 2.45) is 0 Å². The van der Waals surface area contributed by atoms with Crippen molar-refractivity contribution in [1.29, 1.82) is 0 Å². The van der Waals surface area contributed by atoms with Gasteiger partial charge in [-0.2, -0.15) is 0 Å². The van der Waals surface area contributed by atoms with E-state index in [1.807, 2.05) is 0 Å². The average Bonchev–Trinajstić information content (AvgIpc) is 2.04. The van der Waals surface area contributed by atoms with Crippen molar-refractivity contribution in [1.82, 2.24) is 0 Å². The van der Waals surface area contributed by atoms with Crippen LogP contribution in [0.4, 0.5) is 0 Å². The van der Waals surface area contributed by atoms with Gasteiger partial charge in [0.15, 0.2) is 0 Å². The number of halogens is 1. The van der Waals surface area contributed by atoms with Crippen LogP contribution in [0.15, 0.2) is 29.2 Å². The van der Waals surface area contributed by atoms with Crippen LogP contribution in [0.1, 0.15) is 5.56 Å². The Hall–Kier alpha value is -0.580. The summed E-state index contributed by atoms with van der Waals surface area (Å²) in [5, 5.41) is 0. The topological polar surface area (TPSA) is 57.2 Å². The first-order valence-electron chi connectivity index (χ1n) is 3.65. The smallest absolute Gasteiger partial charge is 0.124 e. The number of hydrogen-bond acceptors (Lipinski definition) is 3. The lowest BCUT2D eigenvalue weighted by Crippen LogP contribution is -2.03. The zero-order valence-electron chi connectivity index (χ0n) is 6.73. The molecule has 0 aromatic heterocycles. The van der Waals surface area contributed by atoms with Gasteiger partial charge in [0.2, 0.25) is 0 Å². The van der Waals surface area contributed by atoms with Crippen molar-refractivity contribution >= 4 is 21.7 Å². The Morgan fingerprint density at radius 1 is 1.31 bits per heavy atom. The monoisotopic (exact) mass is 219 g/mol. The maximum atomic E-state index is 10.7. The van der Waals surface area contributed by atoms with E-state index in [4.69, 9.17) is 11.6 Å². The summed E-state index contributed by atoms with van der Waals surface area (Å²) in [6.45, 7) is 0. The van der Waals surface area contributed by atoms with E-state index in [9.17, 15) is 13.0 Å². The van der Waals surface area contributed by atoms with Crippen LogP contribution in [-0.4, -0.2) is 18.9 Å². The number of rotatable bonds is 3. The van der Waals surface area contributed by atoms with Crippen molar-refractivity contribution in [3.8, 4) is 0 Å². The number of hydrogen-bond donors (Lipinski definition) is 0. The van der Waals surface area contributed by atoms with Gasteiger partial charge in [-0.15, -0.1) is 11.6 Å². The first-order valence-corrected chi connectivity index (χ1v) is 5.60. The largest absolute Gasteiger partial charge is 0.744 e. The Morgan fingerprint density at radius 2 is 1.92 bits per heavy atom. The van der Waals surface area contributed by atoms with E-state index in [2.05, 4.69) is 0 Å². The number of benzene rings is 1. The minimum Gasteiger partial charge on any atom is -0.744 e. The Labute approximate surface area is 82.1 Å². The zero-order chi connectivity index (χ0) is 9.90. The molecule has 0 bridgehead atoms. The summed E-state index contributed by atoms with van der Waals surface area (Å²) in [5.74, 6) is 0.298. The predicted octanol–water partition coefficient (Wildman–Crippen LogP) is 1.37. The third kappa shape index (κ3) is 2.69. The second-order valence-corrected chi connectivity index (χ2v) is 4.23. The highest BCUT2D eigenvalue weighted by Gasteiger charge is 2.06. The fourth-order valence-electron chi connectivity index (χ4n) is 1.06. The maximum absolute atomic E-state index is 10.7. The van der Waals surface area contributed by atoms with Gasteiger partial charge in [-0.3, -0.25) is 0 Å². The summed E-state index contributed by atoms with van der Waals surface area (Å²) in [6, 6.07) is 6.08. The van der Waals surface area contributed by atoms with Crippen LogP contribution in [0.2, 0.25) is 0 Å². The highest BCUT2D eigenvalue weighted by molar-refractivity contribution is 7.85. The van der Waals surface area contributed by atoms with E-state index in [-0.39, 0.29) is 4.90 Å². The molecule has 0 atom stereocenters. The zero-order valence-corrected chi connectivity index (χ0v) is 8.31. The Kier molecular flexibility index (Phi) is 3.30. The molecule has 0 unspecified atom stereocenters. The van der Waals surface area contributed by atoms with Crippen molar-refractivity contribution in [2.75, 3.05) is 5.88 Å². The molecule has 0 radical (unpaired) electrons. The first kappa shape index (κ1) is 10.5. The SMILES string of the molecule is O=S(=O)([O-])c1ccccc1CCCl. The third-order valence-corrected chi connectivity index (χ3v) is 2.73. The van der Waals surface area contributed by atoms with E-state index >= 15 is 0 Å². The van der Waals surface area contributed by atoms with Gasteiger partial charge in [-0.05, 0) is 18.1 Å². The van der Waals surface area contributed by atoms with Crippen LogP contribution in [0.25, 0.3) is 0 Å². The van der Waals surface area contributed by atoms with E-state index in [1.165, 1.54) is 12.1 Å². The second kappa shape index (κ2) is 4.09. The summed E-state index contributed by atoms with van der Waals surface area (Å²) < 4.78 is 32.2. The summed E-state index contributed by atoms with van der Waals surface area (Å²) in [5.41, 5.74) is 0.479. The molecule has 0 saturated carbocycles. The summed E-state index contributed by atoms with van der Waals surface area (Å²) in [7, 11) is -4.36. The van der Waals surface area contributed by atoms with Crippen molar-refractivity contribution in [3.05, 3.63) is 29.8 Å². The van der Waals surface area contributed by atoms with Gasteiger partial charge in [-0.25, -0.2) is 8.42 Å². The molecule has 0 aliphatic rings. The van der Waals surface area contributed by atoms with Gasteiger partial charge in [0.05, 0.1) is 4.90 Å².